The second-order valence-corrected chi connectivity index (χ2v) is 8.92. The van der Waals surface area contributed by atoms with E-state index < -0.39 is 46.0 Å². The molecule has 2 aliphatic rings. The number of hydrogen-bond donors (Lipinski definition) is 2. The monoisotopic (exact) mass is 416 g/mol. The van der Waals surface area contributed by atoms with E-state index in [0.29, 0.717) is 5.69 Å². The van der Waals surface area contributed by atoms with Crippen LogP contribution in [0.1, 0.15) is 20.8 Å². The van der Waals surface area contributed by atoms with Crippen molar-refractivity contribution in [2.75, 3.05) is 11.4 Å². The molecule has 8 nitrogen and oxygen atoms in total. The Morgan fingerprint density at radius 1 is 1.32 bits per heavy atom. The average Bonchev–Trinajstić information content (AvgIpc) is 2.84. The first-order valence-electron chi connectivity index (χ1n) is 8.59. The van der Waals surface area contributed by atoms with E-state index >= 15 is 0 Å². The van der Waals surface area contributed by atoms with Crippen LogP contribution in [0, 0.1) is 5.92 Å². The number of aromatic hydroxyl groups is 1. The first-order chi connectivity index (χ1) is 12.6. The molecule has 2 aliphatic heterocycles. The maximum Gasteiger partial charge on any atom is 1.00 e. The number of carbonyl (C=O) groups excluding carboxylic acids is 3. The molecule has 2 saturated heterocycles. The van der Waals surface area contributed by atoms with Gasteiger partial charge in [0.25, 0.3) is 5.91 Å². The fourth-order valence-electron chi connectivity index (χ4n) is 3.73. The van der Waals surface area contributed by atoms with E-state index in [2.05, 4.69) is 0 Å². The Hall–Kier alpha value is -1.26. The summed E-state index contributed by atoms with van der Waals surface area (Å²) in [5.41, 5.74) is 0.481. The number of thioether (sulfide) groups is 1. The largest absolute Gasteiger partial charge is 1.00 e. The summed E-state index contributed by atoms with van der Waals surface area (Å²) in [6, 6.07) is 4.83. The fourth-order valence-corrected chi connectivity index (χ4v) is 5.44. The van der Waals surface area contributed by atoms with Crippen molar-refractivity contribution < 1.29 is 59.3 Å². The number of anilines is 1. The third-order valence-electron chi connectivity index (χ3n) is 5.04. The van der Waals surface area contributed by atoms with Gasteiger partial charge in [0.1, 0.15) is 17.8 Å². The van der Waals surface area contributed by atoms with Crippen LogP contribution in [0.4, 0.5) is 5.69 Å². The van der Waals surface area contributed by atoms with Crippen molar-refractivity contribution in [3.8, 4) is 5.75 Å². The maximum absolute atomic E-state index is 12.8. The van der Waals surface area contributed by atoms with E-state index in [9.17, 15) is 29.7 Å². The van der Waals surface area contributed by atoms with Crippen molar-refractivity contribution in [1.29, 1.82) is 0 Å². The summed E-state index contributed by atoms with van der Waals surface area (Å²) in [6.07, 6.45) is -1.59. The van der Waals surface area contributed by atoms with Gasteiger partial charge in [0.15, 0.2) is 0 Å². The number of aliphatic hydroxyl groups is 1. The quantitative estimate of drug-likeness (QED) is 0.378. The molecule has 1 aromatic rings. The van der Waals surface area contributed by atoms with Crippen LogP contribution in [0.2, 0.25) is 0 Å². The molecule has 2 heterocycles. The van der Waals surface area contributed by atoms with Crippen molar-refractivity contribution in [3.63, 3.8) is 0 Å². The smallest absolute Gasteiger partial charge is 0.548 e. The van der Waals surface area contributed by atoms with Gasteiger partial charge in [0.05, 0.1) is 17.4 Å². The van der Waals surface area contributed by atoms with E-state index in [4.69, 9.17) is 0 Å². The summed E-state index contributed by atoms with van der Waals surface area (Å²) in [6.45, 7) is 5.38. The minimum atomic E-state index is -1.59. The van der Waals surface area contributed by atoms with Gasteiger partial charge in [-0.05, 0) is 45.0 Å². The second kappa shape index (κ2) is 8.23. The molecular weight excluding hydrogens is 395 g/mol. The van der Waals surface area contributed by atoms with E-state index in [1.807, 2.05) is 0 Å². The number of likely N-dealkylation sites (N-methyl/N-ethyl adjacent to an activating group) is 1. The summed E-state index contributed by atoms with van der Waals surface area (Å²) in [4.78, 5) is 39.3. The molecule has 28 heavy (non-hydrogen) atoms. The van der Waals surface area contributed by atoms with E-state index in [1.165, 1.54) is 45.8 Å². The molecule has 0 saturated carbocycles. The van der Waals surface area contributed by atoms with Crippen LogP contribution in [-0.4, -0.2) is 61.7 Å². The first-order valence-corrected chi connectivity index (χ1v) is 9.47. The SMILES string of the molecule is CCN(C(=O)[C@@H](O)[C@@H]1C(=O)N2[C@@H]1SC(C)(C)[C@@H]2C(=O)[O-])c1ccc(O)cc1.[Na+]. The topological polar surface area (TPSA) is 121 Å². The minimum absolute atomic E-state index is 0. The molecule has 146 valence electrons. The Bertz CT molecular complexity index is 787. The zero-order chi connectivity index (χ0) is 20.1. The zero-order valence-electron chi connectivity index (χ0n) is 16.2. The predicted octanol–water partition coefficient (Wildman–Crippen LogP) is -3.46. The van der Waals surface area contributed by atoms with Crippen molar-refractivity contribution in [3.05, 3.63) is 24.3 Å². The summed E-state index contributed by atoms with van der Waals surface area (Å²) < 4.78 is -0.780. The molecule has 4 atom stereocenters. The maximum atomic E-state index is 12.8. The third kappa shape index (κ3) is 3.66. The van der Waals surface area contributed by atoms with Crippen LogP contribution in [0.15, 0.2) is 24.3 Å². The van der Waals surface area contributed by atoms with Crippen LogP contribution in [-0.2, 0) is 14.4 Å². The molecular formula is C18H21N2NaO6S. The number of rotatable bonds is 5. The molecule has 0 aromatic heterocycles. The average molecular weight is 416 g/mol. The van der Waals surface area contributed by atoms with Gasteiger partial charge < -0.3 is 29.9 Å². The Kier molecular flexibility index (Phi) is 6.77. The number of fused-ring (bicyclic) bond motifs is 1. The molecule has 0 radical (unpaired) electrons. The Morgan fingerprint density at radius 3 is 2.39 bits per heavy atom. The number of carboxylic acid groups (broad SMARTS) is 1. The van der Waals surface area contributed by atoms with Crippen LogP contribution in [0.5, 0.6) is 5.75 Å². The van der Waals surface area contributed by atoms with E-state index in [1.54, 1.807) is 20.8 Å². The Labute approximate surface area is 189 Å². The zero-order valence-corrected chi connectivity index (χ0v) is 19.0. The van der Waals surface area contributed by atoms with Gasteiger partial charge in [0.2, 0.25) is 5.91 Å². The second-order valence-electron chi connectivity index (χ2n) is 7.15. The number of carbonyl (C=O) groups is 3. The number of β-lactam (4-membered cyclic amide) rings is 1. The van der Waals surface area contributed by atoms with Gasteiger partial charge in [-0.3, -0.25) is 9.59 Å². The number of nitrogens with zero attached hydrogens (tertiary/aromatic N) is 2. The van der Waals surface area contributed by atoms with Crippen molar-refractivity contribution >= 4 is 35.2 Å². The van der Waals surface area contributed by atoms with Gasteiger partial charge >= 0.3 is 29.6 Å². The predicted molar refractivity (Wildman–Crippen MR) is 96.7 cm³/mol. The fraction of sp³-hybridized carbons (Fsp3) is 0.500. The summed E-state index contributed by atoms with van der Waals surface area (Å²) in [5, 5.41) is 30.9. The summed E-state index contributed by atoms with van der Waals surface area (Å²) in [5.74, 6) is -3.50. The number of benzene rings is 1. The summed E-state index contributed by atoms with van der Waals surface area (Å²) in [7, 11) is 0. The van der Waals surface area contributed by atoms with Gasteiger partial charge in [-0.25, -0.2) is 0 Å². The summed E-state index contributed by atoms with van der Waals surface area (Å²) >= 11 is 1.25. The number of phenols is 1. The molecule has 2 fully saturated rings. The van der Waals surface area contributed by atoms with Crippen LogP contribution < -0.4 is 39.6 Å². The van der Waals surface area contributed by atoms with Crippen LogP contribution in [0.3, 0.4) is 0 Å². The molecule has 0 unspecified atom stereocenters. The molecule has 0 spiro atoms. The number of aliphatic hydroxyl groups excluding tert-OH is 1. The molecule has 0 bridgehead atoms. The number of carboxylic acids is 1. The van der Waals surface area contributed by atoms with Gasteiger partial charge in [-0.1, -0.05) is 0 Å². The van der Waals surface area contributed by atoms with E-state index in [0.717, 1.165) is 0 Å². The standard InChI is InChI=1S/C18H22N2O6S.Na/c1-4-19(9-5-7-10(21)8-6-9)15(24)12(22)11-14(23)20-13(17(25)26)18(2,3)27-16(11)20;/h5-8,11-13,16,21-22H,4H2,1-3H3,(H,25,26);/q;+1/p-1/t11-,12+,13+,16-;/m1./s1. The van der Waals surface area contributed by atoms with Crippen molar-refractivity contribution in [1.82, 2.24) is 4.90 Å². The minimum Gasteiger partial charge on any atom is -0.548 e. The number of hydrogen-bond acceptors (Lipinski definition) is 7. The number of phenolic OH excluding ortho intramolecular Hbond substituents is 1. The van der Waals surface area contributed by atoms with Gasteiger partial charge in [0, 0.05) is 17.0 Å². The number of amides is 2. The Morgan fingerprint density at radius 2 is 1.89 bits per heavy atom. The molecule has 3 rings (SSSR count). The molecule has 2 N–H and O–H groups in total. The molecule has 2 amide bonds. The molecule has 0 aliphatic carbocycles. The van der Waals surface area contributed by atoms with Gasteiger partial charge in [-0.15, -0.1) is 11.8 Å². The van der Waals surface area contributed by atoms with E-state index in [-0.39, 0.29) is 41.9 Å². The molecule has 10 heteroatoms. The third-order valence-corrected chi connectivity index (χ3v) is 6.63. The Balaban J connectivity index is 0.00000280. The van der Waals surface area contributed by atoms with Crippen LogP contribution in [0.25, 0.3) is 0 Å². The normalized spacial score (nSPS) is 25.9. The first kappa shape index (κ1) is 23.0. The van der Waals surface area contributed by atoms with Crippen molar-refractivity contribution in [2.45, 2.75) is 43.0 Å². The number of aliphatic carboxylic acids is 1. The van der Waals surface area contributed by atoms with Crippen molar-refractivity contribution in [2.24, 2.45) is 5.92 Å². The van der Waals surface area contributed by atoms with Gasteiger partial charge in [-0.2, -0.15) is 0 Å². The molecule has 1 aromatic carbocycles. The van der Waals surface area contributed by atoms with Crippen LogP contribution >= 0.6 is 11.8 Å².